The van der Waals surface area contributed by atoms with Crippen molar-refractivity contribution >= 4 is 28.5 Å². The second kappa shape index (κ2) is 8.46. The first-order chi connectivity index (χ1) is 13.1. The molecule has 1 aromatic carbocycles. The van der Waals surface area contributed by atoms with Crippen LogP contribution in [0.1, 0.15) is 55.7 Å². The highest BCUT2D eigenvalue weighted by Crippen LogP contribution is 2.37. The first-order valence-electron chi connectivity index (χ1n) is 9.50. The van der Waals surface area contributed by atoms with E-state index < -0.39 is 11.4 Å². The molecule has 2 rings (SSSR count). The van der Waals surface area contributed by atoms with E-state index >= 15 is 0 Å². The Morgan fingerprint density at radius 3 is 2.54 bits per heavy atom. The molecule has 1 amide bonds. The van der Waals surface area contributed by atoms with Gasteiger partial charge in [-0.05, 0) is 45.2 Å². The first-order valence-corrected chi connectivity index (χ1v) is 9.50. The highest BCUT2D eigenvalue weighted by molar-refractivity contribution is 6.07. The Kier molecular flexibility index (Phi) is 6.48. The number of fused-ring (bicyclic) bond motifs is 1. The Morgan fingerprint density at radius 2 is 1.96 bits per heavy atom. The van der Waals surface area contributed by atoms with Crippen molar-refractivity contribution < 1.29 is 19.4 Å². The molecule has 1 aromatic heterocycles. The summed E-state index contributed by atoms with van der Waals surface area (Å²) in [6, 6.07) is 3.71. The Hall–Kier alpha value is -2.83. The standard InChI is InChI=1S/C21H29N3O4/c1-6-10-23-20(27)21(4,5)11-28-18-13(7-2)8-9-14-16(18)17(22)15(19(25)26)12(3)24-14/h8-9H,6-7,10-11H2,1-5H3,(H2,22,24)(H,23,27)(H,25,26). The van der Waals surface area contributed by atoms with Crippen LogP contribution in [0.2, 0.25) is 0 Å². The summed E-state index contributed by atoms with van der Waals surface area (Å²) in [6.07, 6.45) is 1.52. The van der Waals surface area contributed by atoms with E-state index in [0.29, 0.717) is 35.3 Å². The van der Waals surface area contributed by atoms with Gasteiger partial charge in [0.2, 0.25) is 5.91 Å². The summed E-state index contributed by atoms with van der Waals surface area (Å²) in [5.41, 5.74) is 7.39. The molecule has 0 unspecified atom stereocenters. The minimum absolute atomic E-state index is 0.0226. The van der Waals surface area contributed by atoms with Crippen LogP contribution in [0.15, 0.2) is 12.1 Å². The maximum atomic E-state index is 12.4. The van der Waals surface area contributed by atoms with Crippen LogP contribution in [0.5, 0.6) is 5.75 Å². The zero-order valence-electron chi connectivity index (χ0n) is 17.2. The highest BCUT2D eigenvalue weighted by atomic mass is 16.5. The number of anilines is 1. The average molecular weight is 387 g/mol. The highest BCUT2D eigenvalue weighted by Gasteiger charge is 2.29. The van der Waals surface area contributed by atoms with Gasteiger partial charge in [0, 0.05) is 6.54 Å². The molecule has 0 aliphatic rings. The molecule has 0 bridgehead atoms. The fourth-order valence-corrected chi connectivity index (χ4v) is 3.03. The number of carboxylic acids is 1. The van der Waals surface area contributed by atoms with Crippen LogP contribution in [-0.4, -0.2) is 35.1 Å². The molecule has 7 nitrogen and oxygen atoms in total. The third-order valence-electron chi connectivity index (χ3n) is 4.73. The molecule has 0 saturated heterocycles. The van der Waals surface area contributed by atoms with Gasteiger partial charge in [0.15, 0.2) is 0 Å². The van der Waals surface area contributed by atoms with Crippen molar-refractivity contribution in [3.05, 3.63) is 29.0 Å². The molecule has 2 aromatic rings. The van der Waals surface area contributed by atoms with Crippen LogP contribution in [0.25, 0.3) is 10.9 Å². The lowest BCUT2D eigenvalue weighted by atomic mass is 9.93. The number of ether oxygens (including phenoxy) is 1. The first kappa shape index (κ1) is 21.5. The number of amides is 1. The summed E-state index contributed by atoms with van der Waals surface area (Å²) in [5, 5.41) is 12.9. The number of nitrogen functional groups attached to an aromatic ring is 1. The molecule has 0 fully saturated rings. The molecule has 1 heterocycles. The molecule has 0 aliphatic carbocycles. The number of rotatable bonds is 8. The molecular formula is C21H29N3O4. The number of aromatic nitrogens is 1. The van der Waals surface area contributed by atoms with Gasteiger partial charge in [-0.25, -0.2) is 4.79 Å². The minimum atomic E-state index is -1.13. The SMILES string of the molecule is CCCNC(=O)C(C)(C)COc1c(CC)ccc2nc(C)c(C(=O)O)c(N)c12. The molecule has 4 N–H and O–H groups in total. The molecule has 0 radical (unpaired) electrons. The number of nitrogens with two attached hydrogens (primary N) is 1. The van der Waals surface area contributed by atoms with Crippen LogP contribution >= 0.6 is 0 Å². The number of benzene rings is 1. The smallest absolute Gasteiger partial charge is 0.339 e. The molecule has 0 spiro atoms. The van der Waals surface area contributed by atoms with Crippen molar-refractivity contribution in [3.63, 3.8) is 0 Å². The van der Waals surface area contributed by atoms with Crippen molar-refractivity contribution in [3.8, 4) is 5.75 Å². The summed E-state index contributed by atoms with van der Waals surface area (Å²) in [7, 11) is 0. The van der Waals surface area contributed by atoms with E-state index in [2.05, 4.69) is 10.3 Å². The summed E-state index contributed by atoms with van der Waals surface area (Å²) >= 11 is 0. The van der Waals surface area contributed by atoms with Crippen LogP contribution in [-0.2, 0) is 11.2 Å². The van der Waals surface area contributed by atoms with Gasteiger partial charge in [-0.1, -0.05) is 19.9 Å². The van der Waals surface area contributed by atoms with Gasteiger partial charge in [-0.15, -0.1) is 0 Å². The van der Waals surface area contributed by atoms with Crippen molar-refractivity contribution in [2.75, 3.05) is 18.9 Å². The van der Waals surface area contributed by atoms with Gasteiger partial charge in [0.25, 0.3) is 0 Å². The minimum Gasteiger partial charge on any atom is -0.491 e. The normalized spacial score (nSPS) is 11.5. The lowest BCUT2D eigenvalue weighted by Gasteiger charge is -2.25. The number of nitrogens with one attached hydrogen (secondary N) is 1. The number of aromatic carboxylic acids is 1. The summed E-state index contributed by atoms with van der Waals surface area (Å²) < 4.78 is 6.09. The predicted octanol–water partition coefficient (Wildman–Crippen LogP) is 3.32. The third-order valence-corrected chi connectivity index (χ3v) is 4.73. The Bertz CT molecular complexity index is 906. The van der Waals surface area contributed by atoms with E-state index in [4.69, 9.17) is 10.5 Å². The van der Waals surface area contributed by atoms with Gasteiger partial charge in [0.1, 0.15) is 17.9 Å². The molecule has 152 valence electrons. The van der Waals surface area contributed by atoms with Crippen LogP contribution in [0.4, 0.5) is 5.69 Å². The van der Waals surface area contributed by atoms with E-state index in [1.54, 1.807) is 6.92 Å². The maximum Gasteiger partial charge on any atom is 0.339 e. The second-order valence-corrected chi connectivity index (χ2v) is 7.52. The number of nitrogens with zero attached hydrogens (tertiary/aromatic N) is 1. The maximum absolute atomic E-state index is 12.4. The van der Waals surface area contributed by atoms with Crippen molar-refractivity contribution in [1.29, 1.82) is 0 Å². The summed E-state index contributed by atoms with van der Waals surface area (Å²) in [4.78, 5) is 28.5. The number of aryl methyl sites for hydroxylation is 2. The van der Waals surface area contributed by atoms with E-state index in [-0.39, 0.29) is 23.8 Å². The lowest BCUT2D eigenvalue weighted by molar-refractivity contribution is -0.130. The molecule has 0 atom stereocenters. The largest absolute Gasteiger partial charge is 0.491 e. The Balaban J connectivity index is 2.52. The second-order valence-electron chi connectivity index (χ2n) is 7.52. The van der Waals surface area contributed by atoms with E-state index in [1.165, 1.54) is 0 Å². The number of hydrogen-bond acceptors (Lipinski definition) is 5. The van der Waals surface area contributed by atoms with Crippen LogP contribution in [0.3, 0.4) is 0 Å². The Morgan fingerprint density at radius 1 is 1.29 bits per heavy atom. The summed E-state index contributed by atoms with van der Waals surface area (Å²) in [6.45, 7) is 9.94. The monoisotopic (exact) mass is 387 g/mol. The van der Waals surface area contributed by atoms with Crippen molar-refractivity contribution in [1.82, 2.24) is 10.3 Å². The van der Waals surface area contributed by atoms with Crippen LogP contribution in [0, 0.1) is 12.3 Å². The molecular weight excluding hydrogens is 358 g/mol. The molecule has 28 heavy (non-hydrogen) atoms. The number of carbonyl (C=O) groups is 2. The van der Waals surface area contributed by atoms with Crippen molar-refractivity contribution in [2.45, 2.75) is 47.5 Å². The number of carbonyl (C=O) groups excluding carboxylic acids is 1. The van der Waals surface area contributed by atoms with Gasteiger partial charge in [-0.2, -0.15) is 0 Å². The van der Waals surface area contributed by atoms with Gasteiger partial charge >= 0.3 is 5.97 Å². The summed E-state index contributed by atoms with van der Waals surface area (Å²) in [5.74, 6) is -0.735. The third kappa shape index (κ3) is 4.18. The zero-order valence-corrected chi connectivity index (χ0v) is 17.2. The molecule has 0 saturated carbocycles. The fourth-order valence-electron chi connectivity index (χ4n) is 3.03. The quantitative estimate of drug-likeness (QED) is 0.640. The lowest BCUT2D eigenvalue weighted by Crippen LogP contribution is -2.41. The molecule has 0 aliphatic heterocycles. The number of carboxylic acid groups (broad SMARTS) is 1. The van der Waals surface area contributed by atoms with E-state index in [9.17, 15) is 14.7 Å². The predicted molar refractivity (Wildman–Crippen MR) is 110 cm³/mol. The van der Waals surface area contributed by atoms with Crippen LogP contribution < -0.4 is 15.8 Å². The van der Waals surface area contributed by atoms with Gasteiger partial charge in [0.05, 0.1) is 27.7 Å². The van der Waals surface area contributed by atoms with Crippen molar-refractivity contribution in [2.24, 2.45) is 5.41 Å². The molecule has 7 heteroatoms. The number of hydrogen-bond donors (Lipinski definition) is 3. The van der Waals surface area contributed by atoms with Gasteiger partial charge in [-0.3, -0.25) is 9.78 Å². The average Bonchev–Trinajstić information content (AvgIpc) is 2.63. The Labute approximate surface area is 165 Å². The fraction of sp³-hybridized carbons (Fsp3) is 0.476. The van der Waals surface area contributed by atoms with E-state index in [0.717, 1.165) is 12.0 Å². The topological polar surface area (TPSA) is 115 Å². The zero-order chi connectivity index (χ0) is 21.1. The number of pyridine rings is 1. The van der Waals surface area contributed by atoms with Gasteiger partial charge < -0.3 is 20.9 Å². The van der Waals surface area contributed by atoms with E-state index in [1.807, 2.05) is 39.8 Å².